The van der Waals surface area contributed by atoms with Crippen molar-refractivity contribution in [2.24, 2.45) is 5.92 Å². The van der Waals surface area contributed by atoms with Gasteiger partial charge in [-0.15, -0.1) is 10.2 Å². The lowest BCUT2D eigenvalue weighted by Gasteiger charge is -2.31. The highest BCUT2D eigenvalue weighted by Crippen LogP contribution is 2.24. The maximum atomic E-state index is 12.6. The average molecular weight is 406 g/mol. The number of nitrogens with zero attached hydrogens (tertiary/aromatic N) is 3. The fourth-order valence-corrected chi connectivity index (χ4v) is 3.79. The summed E-state index contributed by atoms with van der Waals surface area (Å²) in [5.74, 6) is 2.56. The molecular weight excluding hydrogens is 380 g/mol. The van der Waals surface area contributed by atoms with Crippen LogP contribution >= 0.6 is 0 Å². The highest BCUT2D eigenvalue weighted by atomic mass is 16.5. The van der Waals surface area contributed by atoms with Crippen molar-refractivity contribution in [1.82, 2.24) is 15.5 Å². The Hall–Kier alpha value is -3.35. The summed E-state index contributed by atoms with van der Waals surface area (Å²) in [5, 5.41) is 11.7. The molecule has 0 saturated carbocycles. The Morgan fingerprint density at radius 1 is 1.13 bits per heavy atom. The summed E-state index contributed by atoms with van der Waals surface area (Å²) in [4.78, 5) is 14.7. The van der Waals surface area contributed by atoms with Crippen molar-refractivity contribution in [2.75, 3.05) is 31.6 Å². The van der Waals surface area contributed by atoms with Gasteiger partial charge in [0, 0.05) is 25.6 Å². The number of amides is 1. The molecule has 0 spiro atoms. The number of benzene rings is 1. The maximum Gasteiger partial charge on any atom is 0.223 e. The second kappa shape index (κ2) is 9.43. The minimum Gasteiger partial charge on any atom is -0.496 e. The Morgan fingerprint density at radius 3 is 2.67 bits per heavy atom. The smallest absolute Gasteiger partial charge is 0.223 e. The van der Waals surface area contributed by atoms with Crippen LogP contribution in [0.1, 0.15) is 18.4 Å². The summed E-state index contributed by atoms with van der Waals surface area (Å²) < 4.78 is 10.7. The number of ether oxygens (including phenoxy) is 1. The van der Waals surface area contributed by atoms with E-state index in [0.717, 1.165) is 49.5 Å². The molecule has 30 heavy (non-hydrogen) atoms. The van der Waals surface area contributed by atoms with Crippen LogP contribution in [0, 0.1) is 5.92 Å². The van der Waals surface area contributed by atoms with E-state index in [1.807, 2.05) is 48.5 Å². The van der Waals surface area contributed by atoms with E-state index in [2.05, 4.69) is 20.4 Å². The Bertz CT molecular complexity index is 949. The molecule has 0 atom stereocenters. The summed E-state index contributed by atoms with van der Waals surface area (Å²) in [6.07, 6.45) is 3.99. The quantitative estimate of drug-likeness (QED) is 0.648. The van der Waals surface area contributed by atoms with Crippen molar-refractivity contribution in [3.63, 3.8) is 0 Å². The van der Waals surface area contributed by atoms with Crippen LogP contribution in [0.15, 0.2) is 59.2 Å². The standard InChI is InChI=1S/C23H26N4O3/c1-29-20-6-3-2-5-17(20)10-13-24-23(28)18-11-14-27(15-12-18)22-9-8-19(25-26-22)21-7-4-16-30-21/h2-9,16,18H,10-15H2,1H3,(H,24,28). The summed E-state index contributed by atoms with van der Waals surface area (Å²) in [7, 11) is 1.67. The van der Waals surface area contributed by atoms with Crippen LogP contribution < -0.4 is 15.0 Å². The predicted molar refractivity (Wildman–Crippen MR) is 114 cm³/mol. The van der Waals surface area contributed by atoms with Gasteiger partial charge in [0.1, 0.15) is 11.4 Å². The summed E-state index contributed by atoms with van der Waals surface area (Å²) >= 11 is 0. The molecule has 0 aliphatic carbocycles. The first-order valence-electron chi connectivity index (χ1n) is 10.3. The number of para-hydroxylation sites is 1. The Kier molecular flexibility index (Phi) is 6.27. The van der Waals surface area contributed by atoms with Gasteiger partial charge in [0.05, 0.1) is 13.4 Å². The lowest BCUT2D eigenvalue weighted by molar-refractivity contribution is -0.125. The van der Waals surface area contributed by atoms with Crippen LogP contribution in [0.5, 0.6) is 5.75 Å². The number of hydrogen-bond acceptors (Lipinski definition) is 6. The van der Waals surface area contributed by atoms with Crippen LogP contribution in [-0.4, -0.2) is 42.8 Å². The number of methoxy groups -OCH3 is 1. The highest BCUT2D eigenvalue weighted by Gasteiger charge is 2.25. The molecule has 3 heterocycles. The molecule has 4 rings (SSSR count). The zero-order valence-electron chi connectivity index (χ0n) is 17.1. The van der Waals surface area contributed by atoms with Crippen LogP contribution in [0.3, 0.4) is 0 Å². The van der Waals surface area contributed by atoms with Crippen LogP contribution in [0.25, 0.3) is 11.5 Å². The predicted octanol–water partition coefficient (Wildman–Crippen LogP) is 3.32. The van der Waals surface area contributed by atoms with Gasteiger partial charge in [-0.3, -0.25) is 4.79 Å². The van der Waals surface area contributed by atoms with Gasteiger partial charge in [0.25, 0.3) is 0 Å². The van der Waals surface area contributed by atoms with Gasteiger partial charge >= 0.3 is 0 Å². The number of aromatic nitrogens is 2. The number of rotatable bonds is 7. The molecule has 0 unspecified atom stereocenters. The van der Waals surface area contributed by atoms with Crippen molar-refractivity contribution in [2.45, 2.75) is 19.3 Å². The number of furan rings is 1. The molecule has 1 aliphatic heterocycles. The van der Waals surface area contributed by atoms with Gasteiger partial charge in [0.15, 0.2) is 11.6 Å². The third-order valence-electron chi connectivity index (χ3n) is 5.50. The van der Waals surface area contributed by atoms with Crippen molar-refractivity contribution >= 4 is 11.7 Å². The average Bonchev–Trinajstić information content (AvgIpc) is 3.35. The van der Waals surface area contributed by atoms with Crippen LogP contribution in [0.4, 0.5) is 5.82 Å². The van der Waals surface area contributed by atoms with Gasteiger partial charge in [0.2, 0.25) is 5.91 Å². The largest absolute Gasteiger partial charge is 0.496 e. The SMILES string of the molecule is COc1ccccc1CCNC(=O)C1CCN(c2ccc(-c3ccco3)nn2)CC1. The highest BCUT2D eigenvalue weighted by molar-refractivity contribution is 5.79. The molecule has 156 valence electrons. The Labute approximate surface area is 176 Å². The number of piperidine rings is 1. The molecule has 7 nitrogen and oxygen atoms in total. The number of carbonyl (C=O) groups excluding carboxylic acids is 1. The van der Waals surface area contributed by atoms with E-state index >= 15 is 0 Å². The molecule has 1 aliphatic rings. The first-order chi connectivity index (χ1) is 14.7. The van der Waals surface area contributed by atoms with E-state index in [1.165, 1.54) is 0 Å². The number of hydrogen-bond donors (Lipinski definition) is 1. The van der Waals surface area contributed by atoms with Gasteiger partial charge in [-0.1, -0.05) is 18.2 Å². The third-order valence-corrected chi connectivity index (χ3v) is 5.50. The lowest BCUT2D eigenvalue weighted by Crippen LogP contribution is -2.41. The van der Waals surface area contributed by atoms with E-state index in [9.17, 15) is 4.79 Å². The van der Waals surface area contributed by atoms with E-state index in [1.54, 1.807) is 13.4 Å². The van der Waals surface area contributed by atoms with Crippen LogP contribution in [-0.2, 0) is 11.2 Å². The minimum absolute atomic E-state index is 0.0364. The minimum atomic E-state index is 0.0364. The van der Waals surface area contributed by atoms with Crippen molar-refractivity contribution in [3.05, 3.63) is 60.4 Å². The van der Waals surface area contributed by atoms with Gasteiger partial charge in [-0.25, -0.2) is 0 Å². The second-order valence-electron chi connectivity index (χ2n) is 7.37. The topological polar surface area (TPSA) is 80.5 Å². The summed E-state index contributed by atoms with van der Waals surface area (Å²) in [6, 6.07) is 15.5. The van der Waals surface area contributed by atoms with E-state index in [4.69, 9.17) is 9.15 Å². The molecule has 1 N–H and O–H groups in total. The second-order valence-corrected chi connectivity index (χ2v) is 7.37. The van der Waals surface area contributed by atoms with Gasteiger partial charge in [-0.05, 0) is 55.2 Å². The molecule has 1 saturated heterocycles. The zero-order chi connectivity index (χ0) is 20.8. The molecule has 1 amide bonds. The molecule has 0 radical (unpaired) electrons. The molecule has 7 heteroatoms. The molecule has 0 bridgehead atoms. The molecular formula is C23H26N4O3. The van der Waals surface area contributed by atoms with Crippen molar-refractivity contribution < 1.29 is 13.9 Å². The van der Waals surface area contributed by atoms with Crippen molar-refractivity contribution in [3.8, 4) is 17.2 Å². The van der Waals surface area contributed by atoms with Gasteiger partial charge in [-0.2, -0.15) is 0 Å². The fraction of sp³-hybridized carbons (Fsp3) is 0.348. The van der Waals surface area contributed by atoms with Gasteiger partial charge < -0.3 is 19.4 Å². The van der Waals surface area contributed by atoms with E-state index in [-0.39, 0.29) is 11.8 Å². The first-order valence-corrected chi connectivity index (χ1v) is 10.3. The van der Waals surface area contributed by atoms with E-state index < -0.39 is 0 Å². The third kappa shape index (κ3) is 4.62. The maximum absolute atomic E-state index is 12.6. The van der Waals surface area contributed by atoms with Crippen molar-refractivity contribution in [1.29, 1.82) is 0 Å². The molecule has 1 fully saturated rings. The first kappa shape index (κ1) is 19.9. The Morgan fingerprint density at radius 2 is 1.97 bits per heavy atom. The monoisotopic (exact) mass is 406 g/mol. The van der Waals surface area contributed by atoms with Crippen LogP contribution in [0.2, 0.25) is 0 Å². The number of carbonyl (C=O) groups is 1. The molecule has 3 aromatic rings. The Balaban J connectivity index is 1.24. The number of nitrogens with one attached hydrogen (secondary N) is 1. The molecule has 2 aromatic heterocycles. The fourth-order valence-electron chi connectivity index (χ4n) is 3.79. The lowest BCUT2D eigenvalue weighted by atomic mass is 9.96. The van der Waals surface area contributed by atoms with E-state index in [0.29, 0.717) is 18.0 Å². The normalized spacial score (nSPS) is 14.5. The summed E-state index contributed by atoms with van der Waals surface area (Å²) in [6.45, 7) is 2.19. The zero-order valence-corrected chi connectivity index (χ0v) is 17.1. The molecule has 1 aromatic carbocycles. The number of anilines is 1. The summed E-state index contributed by atoms with van der Waals surface area (Å²) in [5.41, 5.74) is 1.82.